The molecule has 0 aliphatic rings. The summed E-state index contributed by atoms with van der Waals surface area (Å²) >= 11 is 4.94. The van der Waals surface area contributed by atoms with E-state index in [-0.39, 0.29) is 11.1 Å². The predicted molar refractivity (Wildman–Crippen MR) is 96.0 cm³/mol. The molecular formula is C18H14Br2F4. The molecule has 0 radical (unpaired) electrons. The van der Waals surface area contributed by atoms with E-state index in [1.165, 1.54) is 24.3 Å². The smallest absolute Gasteiger partial charge is 0.221 e. The predicted octanol–water partition coefficient (Wildman–Crippen LogP) is 7.19. The second-order valence-corrected chi connectivity index (χ2v) is 7.69. The average Bonchev–Trinajstić information content (AvgIpc) is 2.54. The van der Waals surface area contributed by atoms with Crippen LogP contribution in [-0.2, 0) is 4.58 Å². The van der Waals surface area contributed by atoms with Crippen LogP contribution in [0, 0.1) is 13.8 Å². The van der Waals surface area contributed by atoms with Crippen molar-refractivity contribution in [2.24, 2.45) is 0 Å². The molecule has 0 aliphatic carbocycles. The van der Waals surface area contributed by atoms with Gasteiger partial charge in [0, 0.05) is 11.1 Å². The Morgan fingerprint density at radius 3 is 1.67 bits per heavy atom. The van der Waals surface area contributed by atoms with Crippen LogP contribution < -0.4 is 0 Å². The minimum absolute atomic E-state index is 0.174. The van der Waals surface area contributed by atoms with Crippen molar-refractivity contribution in [1.82, 2.24) is 0 Å². The van der Waals surface area contributed by atoms with E-state index >= 15 is 0 Å². The number of allylic oxidation sites excluding steroid dienone is 1. The first-order valence-electron chi connectivity index (χ1n) is 7.03. The van der Waals surface area contributed by atoms with Gasteiger partial charge in [-0.1, -0.05) is 59.7 Å². The molecule has 0 aromatic heterocycles. The molecule has 24 heavy (non-hydrogen) atoms. The van der Waals surface area contributed by atoms with Gasteiger partial charge in [-0.2, -0.15) is 0 Å². The zero-order valence-corrected chi connectivity index (χ0v) is 16.1. The van der Waals surface area contributed by atoms with Crippen LogP contribution in [0.2, 0.25) is 0 Å². The highest BCUT2D eigenvalue weighted by Crippen LogP contribution is 2.55. The van der Waals surface area contributed by atoms with Crippen molar-refractivity contribution in [1.29, 1.82) is 0 Å². The zero-order valence-electron chi connectivity index (χ0n) is 12.9. The molecule has 2 atom stereocenters. The molecule has 0 bridgehead atoms. The Labute approximate surface area is 154 Å². The van der Waals surface area contributed by atoms with Crippen LogP contribution in [0.1, 0.15) is 22.3 Å². The van der Waals surface area contributed by atoms with Crippen molar-refractivity contribution in [2.45, 2.75) is 23.0 Å². The molecule has 0 spiro atoms. The van der Waals surface area contributed by atoms with Crippen LogP contribution in [0.15, 0.2) is 54.4 Å². The molecular weight excluding hydrogens is 452 g/mol. The minimum atomic E-state index is -3.43. The Balaban J connectivity index is 2.48. The van der Waals surface area contributed by atoms with Gasteiger partial charge in [0.25, 0.3) is 4.58 Å². The number of hydrogen-bond acceptors (Lipinski definition) is 0. The molecule has 6 heteroatoms. The molecule has 2 aromatic carbocycles. The molecule has 0 fully saturated rings. The maximum atomic E-state index is 15.0. The summed E-state index contributed by atoms with van der Waals surface area (Å²) < 4.78 is 52.2. The second kappa shape index (κ2) is 7.00. The van der Waals surface area contributed by atoms with Crippen molar-refractivity contribution < 1.29 is 17.6 Å². The summed E-state index contributed by atoms with van der Waals surface area (Å²) in [4.78, 5) is 0. The number of aryl methyl sites for hydroxylation is 2. The fourth-order valence-corrected chi connectivity index (χ4v) is 2.89. The van der Waals surface area contributed by atoms with Crippen LogP contribution >= 0.6 is 31.9 Å². The SMILES string of the molecule is Cc1ccc(/C(F)=C(\F)C(F)(Br)C(F)(Br)c2ccc(C)cc2)cc1. The Morgan fingerprint density at radius 1 is 0.792 bits per heavy atom. The molecule has 0 heterocycles. The topological polar surface area (TPSA) is 0 Å². The fourth-order valence-electron chi connectivity index (χ4n) is 2.05. The van der Waals surface area contributed by atoms with Gasteiger partial charge in [0.2, 0.25) is 4.58 Å². The summed E-state index contributed by atoms with van der Waals surface area (Å²) in [5.41, 5.74) is 1.30. The Kier molecular flexibility index (Phi) is 5.60. The molecule has 128 valence electrons. The lowest BCUT2D eigenvalue weighted by Crippen LogP contribution is -2.36. The zero-order chi connectivity index (χ0) is 18.1. The summed E-state index contributed by atoms with van der Waals surface area (Å²) in [6, 6.07) is 11.4. The molecule has 2 rings (SSSR count). The van der Waals surface area contributed by atoms with Crippen LogP contribution in [0.5, 0.6) is 0 Å². The summed E-state index contributed by atoms with van der Waals surface area (Å²) in [5.74, 6) is -3.35. The number of alkyl halides is 4. The maximum absolute atomic E-state index is 15.0. The Morgan fingerprint density at radius 2 is 1.21 bits per heavy atom. The van der Waals surface area contributed by atoms with Gasteiger partial charge in [0.1, 0.15) is 0 Å². The standard InChI is InChI=1S/C18H14Br2F4/c1-11-3-7-13(8-4-11)15(21)16(22)18(20,24)17(19,23)14-9-5-12(2)6-10-14/h3-10H,1-2H3/b16-15+. The van der Waals surface area contributed by atoms with E-state index in [0.29, 0.717) is 0 Å². The van der Waals surface area contributed by atoms with Crippen molar-refractivity contribution >= 4 is 37.7 Å². The van der Waals surface area contributed by atoms with E-state index < -0.39 is 20.8 Å². The molecule has 0 saturated heterocycles. The van der Waals surface area contributed by atoms with Crippen molar-refractivity contribution in [3.63, 3.8) is 0 Å². The van der Waals surface area contributed by atoms with E-state index in [0.717, 1.165) is 11.1 Å². The number of hydrogen-bond donors (Lipinski definition) is 0. The summed E-state index contributed by atoms with van der Waals surface area (Å²) in [5, 5.41) is 0. The molecule has 2 aromatic rings. The van der Waals surface area contributed by atoms with Gasteiger partial charge in [-0.15, -0.1) is 0 Å². The number of rotatable bonds is 4. The second-order valence-electron chi connectivity index (χ2n) is 5.51. The molecule has 0 aliphatic heterocycles. The molecule has 0 amide bonds. The van der Waals surface area contributed by atoms with Gasteiger partial charge < -0.3 is 0 Å². The van der Waals surface area contributed by atoms with Crippen LogP contribution in [-0.4, -0.2) is 4.58 Å². The highest BCUT2D eigenvalue weighted by molar-refractivity contribution is 9.12. The maximum Gasteiger partial charge on any atom is 0.266 e. The van der Waals surface area contributed by atoms with E-state index in [1.807, 2.05) is 0 Å². The quantitative estimate of drug-likeness (QED) is 0.331. The van der Waals surface area contributed by atoms with Crippen LogP contribution in [0.3, 0.4) is 0 Å². The third-order valence-electron chi connectivity index (χ3n) is 3.58. The first-order chi connectivity index (χ1) is 11.1. The van der Waals surface area contributed by atoms with Gasteiger partial charge in [0.05, 0.1) is 0 Å². The minimum Gasteiger partial charge on any atom is -0.221 e. The lowest BCUT2D eigenvalue weighted by atomic mass is 10.0. The molecule has 0 saturated carbocycles. The van der Waals surface area contributed by atoms with Crippen molar-refractivity contribution in [2.75, 3.05) is 0 Å². The monoisotopic (exact) mass is 464 g/mol. The van der Waals surface area contributed by atoms with Gasteiger partial charge in [-0.3, -0.25) is 0 Å². The number of benzene rings is 2. The first-order valence-corrected chi connectivity index (χ1v) is 8.61. The van der Waals surface area contributed by atoms with Gasteiger partial charge in [-0.05, 0) is 45.7 Å². The summed E-state index contributed by atoms with van der Waals surface area (Å²) in [7, 11) is 0. The van der Waals surface area contributed by atoms with Crippen molar-refractivity contribution in [3.05, 3.63) is 76.6 Å². The van der Waals surface area contributed by atoms with Gasteiger partial charge in [-0.25, -0.2) is 17.6 Å². The van der Waals surface area contributed by atoms with E-state index in [4.69, 9.17) is 0 Å². The third kappa shape index (κ3) is 3.59. The summed E-state index contributed by atoms with van der Waals surface area (Å²) in [6.45, 7) is 3.54. The van der Waals surface area contributed by atoms with E-state index in [9.17, 15) is 17.6 Å². The van der Waals surface area contributed by atoms with E-state index in [2.05, 4.69) is 31.9 Å². The lowest BCUT2D eigenvalue weighted by Gasteiger charge is -2.30. The highest BCUT2D eigenvalue weighted by Gasteiger charge is 2.56. The molecule has 0 nitrogen and oxygen atoms in total. The van der Waals surface area contributed by atoms with Gasteiger partial charge in [0.15, 0.2) is 11.7 Å². The van der Waals surface area contributed by atoms with Gasteiger partial charge >= 0.3 is 0 Å². The van der Waals surface area contributed by atoms with E-state index in [1.54, 1.807) is 38.1 Å². The highest BCUT2D eigenvalue weighted by atomic mass is 79.9. The normalized spacial score (nSPS) is 17.7. The van der Waals surface area contributed by atoms with Crippen LogP contribution in [0.4, 0.5) is 17.6 Å². The largest absolute Gasteiger partial charge is 0.266 e. The molecule has 0 N–H and O–H groups in total. The first kappa shape index (κ1) is 19.2. The molecule has 2 unspecified atom stereocenters. The fraction of sp³-hybridized carbons (Fsp3) is 0.222. The Bertz CT molecular complexity index is 748. The van der Waals surface area contributed by atoms with Crippen LogP contribution in [0.25, 0.3) is 5.83 Å². The third-order valence-corrected chi connectivity index (χ3v) is 6.01. The lowest BCUT2D eigenvalue weighted by molar-refractivity contribution is 0.126. The number of halogens is 6. The summed E-state index contributed by atoms with van der Waals surface area (Å²) in [6.07, 6.45) is 0. The average molecular weight is 466 g/mol. The Hall–Kier alpha value is -1.14. The van der Waals surface area contributed by atoms with Crippen molar-refractivity contribution in [3.8, 4) is 0 Å².